The van der Waals surface area contributed by atoms with E-state index < -0.39 is 6.04 Å². The van der Waals surface area contributed by atoms with Crippen LogP contribution in [0.3, 0.4) is 0 Å². The average Bonchev–Trinajstić information content (AvgIpc) is 2.88. The van der Waals surface area contributed by atoms with Crippen LogP contribution in [-0.2, 0) is 22.6 Å². The number of carbonyl (C=O) groups is 2. The predicted molar refractivity (Wildman–Crippen MR) is 141 cm³/mol. The number of nitrogen functional groups attached to an aromatic ring is 1. The van der Waals surface area contributed by atoms with E-state index in [-0.39, 0.29) is 30.3 Å². The van der Waals surface area contributed by atoms with Gasteiger partial charge in [0.05, 0.1) is 13.1 Å². The molecular weight excluding hydrogens is 468 g/mol. The molecule has 2 saturated heterocycles. The van der Waals surface area contributed by atoms with Gasteiger partial charge in [-0.25, -0.2) is 15.4 Å². The molecule has 0 aliphatic carbocycles. The number of carbonyl (C=O) groups excluding carboxylic acids is 2. The molecule has 2 fully saturated rings. The van der Waals surface area contributed by atoms with E-state index in [9.17, 15) is 14.7 Å². The number of hydrazine groups is 1. The van der Waals surface area contributed by atoms with Crippen molar-refractivity contribution in [1.82, 2.24) is 25.2 Å². The molecule has 0 saturated carbocycles. The number of phenols is 1. The van der Waals surface area contributed by atoms with Crippen molar-refractivity contribution in [2.75, 3.05) is 25.4 Å². The van der Waals surface area contributed by atoms with E-state index in [1.54, 1.807) is 47.5 Å². The summed E-state index contributed by atoms with van der Waals surface area (Å²) in [4.78, 5) is 34.7. The van der Waals surface area contributed by atoms with Gasteiger partial charge in [0, 0.05) is 31.3 Å². The summed E-state index contributed by atoms with van der Waals surface area (Å²) >= 11 is 0. The molecular formula is C28H30N6O3. The minimum absolute atomic E-state index is 0.0970. The summed E-state index contributed by atoms with van der Waals surface area (Å²) in [7, 11) is 0. The fraction of sp³-hybridized carbons (Fsp3) is 0.250. The highest BCUT2D eigenvalue weighted by molar-refractivity contribution is 5.90. The van der Waals surface area contributed by atoms with Gasteiger partial charge in [-0.05, 0) is 47.0 Å². The Morgan fingerprint density at radius 3 is 2.62 bits per heavy atom. The fourth-order valence-corrected chi connectivity index (χ4v) is 4.99. The van der Waals surface area contributed by atoms with Gasteiger partial charge in [0.2, 0.25) is 11.8 Å². The number of pyridine rings is 1. The zero-order valence-corrected chi connectivity index (χ0v) is 20.5. The first-order chi connectivity index (χ1) is 17.9. The Balaban J connectivity index is 1.42. The number of phenolic OH excluding ortho intramolecular Hbond substituents is 1. The zero-order chi connectivity index (χ0) is 25.9. The molecule has 3 heterocycles. The lowest BCUT2D eigenvalue weighted by Crippen LogP contribution is -2.74. The van der Waals surface area contributed by atoms with Gasteiger partial charge >= 0.3 is 0 Å². The first-order valence-corrected chi connectivity index (χ1v) is 12.2. The second-order valence-corrected chi connectivity index (χ2v) is 9.39. The Kier molecular flexibility index (Phi) is 6.89. The lowest BCUT2D eigenvalue weighted by atomic mass is 9.98. The Bertz CT molecular complexity index is 1290. The normalized spacial score (nSPS) is 20.1. The second kappa shape index (κ2) is 10.4. The van der Waals surface area contributed by atoms with Gasteiger partial charge in [0.25, 0.3) is 0 Å². The van der Waals surface area contributed by atoms with Crippen LogP contribution >= 0.6 is 0 Å². The molecule has 9 nitrogen and oxygen atoms in total. The highest BCUT2D eigenvalue weighted by Gasteiger charge is 2.46. The van der Waals surface area contributed by atoms with Crippen LogP contribution in [0.15, 0.2) is 79.5 Å². The summed E-state index contributed by atoms with van der Waals surface area (Å²) in [6.07, 6.45) is 3.48. The molecule has 5 rings (SSSR count). The molecule has 0 bridgehead atoms. The fourth-order valence-electron chi connectivity index (χ4n) is 4.99. The maximum absolute atomic E-state index is 13.8. The minimum Gasteiger partial charge on any atom is -0.508 e. The van der Waals surface area contributed by atoms with Crippen LogP contribution in [0.2, 0.25) is 0 Å². The van der Waals surface area contributed by atoms with Crippen LogP contribution in [0.1, 0.15) is 11.1 Å². The number of hydrogen-bond acceptors (Lipinski definition) is 7. The first-order valence-electron chi connectivity index (χ1n) is 12.2. The number of rotatable bonds is 7. The maximum Gasteiger partial charge on any atom is 0.246 e. The smallest absolute Gasteiger partial charge is 0.246 e. The third-order valence-corrected chi connectivity index (χ3v) is 6.74. The van der Waals surface area contributed by atoms with Crippen molar-refractivity contribution in [1.29, 1.82) is 0 Å². The molecule has 3 aromatic rings. The van der Waals surface area contributed by atoms with Crippen LogP contribution in [-0.4, -0.2) is 68.6 Å². The number of nitrogens with two attached hydrogens (primary N) is 1. The van der Waals surface area contributed by atoms with Crippen molar-refractivity contribution < 1.29 is 14.7 Å². The summed E-state index contributed by atoms with van der Waals surface area (Å²) in [5, 5.41) is 11.5. The van der Waals surface area contributed by atoms with Crippen LogP contribution in [0.5, 0.6) is 5.75 Å². The third-order valence-electron chi connectivity index (χ3n) is 6.74. The van der Waals surface area contributed by atoms with E-state index in [1.165, 1.54) is 0 Å². The second-order valence-electron chi connectivity index (χ2n) is 9.39. The molecule has 2 aliphatic rings. The number of benzene rings is 2. The van der Waals surface area contributed by atoms with E-state index in [4.69, 9.17) is 5.73 Å². The number of hydrogen-bond donors (Lipinski definition) is 3. The maximum atomic E-state index is 13.8. The molecule has 37 heavy (non-hydrogen) atoms. The lowest BCUT2D eigenvalue weighted by molar-refractivity contribution is -0.168. The molecule has 2 aliphatic heterocycles. The molecule has 9 heteroatoms. The number of aromatic hydroxyl groups is 1. The molecule has 0 radical (unpaired) electrons. The van der Waals surface area contributed by atoms with Gasteiger partial charge in [-0.2, -0.15) is 0 Å². The molecule has 4 N–H and O–H groups in total. The number of piperazine rings is 1. The van der Waals surface area contributed by atoms with Gasteiger partial charge in [-0.1, -0.05) is 36.4 Å². The van der Waals surface area contributed by atoms with Gasteiger partial charge < -0.3 is 20.6 Å². The van der Waals surface area contributed by atoms with Crippen molar-refractivity contribution in [2.45, 2.75) is 25.2 Å². The van der Waals surface area contributed by atoms with Crippen LogP contribution in [0.25, 0.3) is 11.1 Å². The Morgan fingerprint density at radius 2 is 1.89 bits per heavy atom. The van der Waals surface area contributed by atoms with E-state index in [1.807, 2.05) is 40.2 Å². The Hall–Kier alpha value is -4.21. The highest BCUT2D eigenvalue weighted by atomic mass is 16.3. The summed E-state index contributed by atoms with van der Waals surface area (Å²) in [6.45, 7) is 5.23. The van der Waals surface area contributed by atoms with Crippen LogP contribution in [0, 0.1) is 0 Å². The average molecular weight is 499 g/mol. The summed E-state index contributed by atoms with van der Waals surface area (Å²) in [5.74, 6) is 0.421. The summed E-state index contributed by atoms with van der Waals surface area (Å²) in [5.41, 5.74) is 12.9. The number of fused-ring (bicyclic) bond motifs is 1. The van der Waals surface area contributed by atoms with Gasteiger partial charge in [0.15, 0.2) is 0 Å². The molecule has 190 valence electrons. The van der Waals surface area contributed by atoms with Crippen molar-refractivity contribution in [3.05, 3.63) is 90.6 Å². The lowest BCUT2D eigenvalue weighted by Gasteiger charge is -2.50. The van der Waals surface area contributed by atoms with Gasteiger partial charge in [-0.15, -0.1) is 6.58 Å². The third kappa shape index (κ3) is 5.32. The zero-order valence-electron chi connectivity index (χ0n) is 20.5. The number of anilines is 1. The van der Waals surface area contributed by atoms with Gasteiger partial charge in [-0.3, -0.25) is 9.59 Å². The predicted octanol–water partition coefficient (Wildman–Crippen LogP) is 2.15. The largest absolute Gasteiger partial charge is 0.508 e. The van der Waals surface area contributed by atoms with Crippen molar-refractivity contribution in [3.63, 3.8) is 0 Å². The van der Waals surface area contributed by atoms with E-state index in [2.05, 4.69) is 17.0 Å². The summed E-state index contributed by atoms with van der Waals surface area (Å²) in [6, 6.07) is 17.8. The molecule has 2 amide bonds. The molecule has 0 spiro atoms. The van der Waals surface area contributed by atoms with Gasteiger partial charge in [0.1, 0.15) is 23.8 Å². The van der Waals surface area contributed by atoms with Crippen molar-refractivity contribution in [3.8, 4) is 16.9 Å². The summed E-state index contributed by atoms with van der Waals surface area (Å²) < 4.78 is 0. The molecule has 2 atom stereocenters. The number of nitrogens with zero attached hydrogens (tertiary/aromatic N) is 4. The first kappa shape index (κ1) is 24.5. The van der Waals surface area contributed by atoms with E-state index >= 15 is 0 Å². The molecule has 0 unspecified atom stereocenters. The quantitative estimate of drug-likeness (QED) is 0.428. The standard InChI is InChI=1S/C28H30N6O3/c1-2-12-33-18-27(36)34-24(14-19-6-9-23(35)10-7-19)28(37)32(17-26(34)31-33)16-20-4-3-5-21(13-20)22-8-11-25(29)30-15-22/h2-11,13,15,24,26,31,35H,1,12,14,16-18H2,(H2,29,30)/t24-,26+/m0/s1. The van der Waals surface area contributed by atoms with Crippen LogP contribution < -0.4 is 11.2 Å². The topological polar surface area (TPSA) is 115 Å². The number of nitrogens with one attached hydrogen (secondary N) is 1. The van der Waals surface area contributed by atoms with Crippen molar-refractivity contribution in [2.24, 2.45) is 0 Å². The van der Waals surface area contributed by atoms with Crippen LogP contribution in [0.4, 0.5) is 5.82 Å². The monoisotopic (exact) mass is 498 g/mol. The molecule has 1 aromatic heterocycles. The van der Waals surface area contributed by atoms with E-state index in [0.717, 1.165) is 22.3 Å². The Labute approximate surface area is 215 Å². The number of amides is 2. The molecule has 2 aromatic carbocycles. The number of aromatic nitrogens is 1. The van der Waals surface area contributed by atoms with E-state index in [0.29, 0.717) is 31.9 Å². The Morgan fingerprint density at radius 1 is 1.08 bits per heavy atom. The SMILES string of the molecule is C=CCN1CC(=O)N2[C@H](CN(Cc3cccc(-c4ccc(N)nc4)c3)C(=O)[C@@H]2Cc2ccc(O)cc2)N1. The highest BCUT2D eigenvalue weighted by Crippen LogP contribution is 2.26. The van der Waals surface area contributed by atoms with Crippen molar-refractivity contribution >= 4 is 17.6 Å². The minimum atomic E-state index is -0.654.